The van der Waals surface area contributed by atoms with Crippen LogP contribution < -0.4 is 10.6 Å². The number of carbonyl (C=O) groups is 2. The summed E-state index contributed by atoms with van der Waals surface area (Å²) in [7, 11) is 0. The number of nitrogens with zero attached hydrogens (tertiary/aromatic N) is 2. The molecule has 182 valence electrons. The number of nitro benzene ring substituents is 2. The van der Waals surface area contributed by atoms with Crippen molar-refractivity contribution in [2.24, 2.45) is 0 Å². The van der Waals surface area contributed by atoms with Crippen molar-refractivity contribution >= 4 is 58.9 Å². The van der Waals surface area contributed by atoms with Gasteiger partial charge in [0.05, 0.1) is 27.0 Å². The Bertz CT molecular complexity index is 1310. The highest BCUT2D eigenvalue weighted by Crippen LogP contribution is 2.32. The van der Waals surface area contributed by atoms with Gasteiger partial charge in [-0.25, -0.2) is 0 Å². The molecule has 10 heteroatoms. The molecule has 0 radical (unpaired) electrons. The van der Waals surface area contributed by atoms with E-state index in [0.29, 0.717) is 22.5 Å². The van der Waals surface area contributed by atoms with Crippen molar-refractivity contribution in [1.29, 1.82) is 0 Å². The SMILES string of the molecule is CC(=O)Nc1ccccc1C=Cc1cc(C=Cc2ccccc2NC(C)=O)c([N+](=O)[O-])cc1[N+](=O)[O-]. The monoisotopic (exact) mass is 486 g/mol. The summed E-state index contributed by atoms with van der Waals surface area (Å²) in [6.45, 7) is 2.73. The largest absolute Gasteiger partial charge is 0.326 e. The van der Waals surface area contributed by atoms with Gasteiger partial charge >= 0.3 is 0 Å². The number of anilines is 2. The molecule has 0 unspecified atom stereocenters. The van der Waals surface area contributed by atoms with Gasteiger partial charge in [0, 0.05) is 25.2 Å². The average molecular weight is 486 g/mol. The van der Waals surface area contributed by atoms with Crippen LogP contribution in [0.4, 0.5) is 22.7 Å². The second-order valence-corrected chi connectivity index (χ2v) is 7.69. The summed E-state index contributed by atoms with van der Waals surface area (Å²) < 4.78 is 0. The fraction of sp³-hybridized carbons (Fsp3) is 0.0769. The van der Waals surface area contributed by atoms with Gasteiger partial charge in [-0.1, -0.05) is 48.6 Å². The molecule has 0 saturated carbocycles. The van der Waals surface area contributed by atoms with Crippen LogP contribution in [0.3, 0.4) is 0 Å². The topological polar surface area (TPSA) is 144 Å². The highest BCUT2D eigenvalue weighted by Gasteiger charge is 2.22. The van der Waals surface area contributed by atoms with Crippen molar-refractivity contribution in [3.05, 3.63) is 103 Å². The van der Waals surface area contributed by atoms with Crippen molar-refractivity contribution in [3.63, 3.8) is 0 Å². The van der Waals surface area contributed by atoms with Crippen LogP contribution >= 0.6 is 0 Å². The van der Waals surface area contributed by atoms with Crippen molar-refractivity contribution < 1.29 is 19.4 Å². The summed E-state index contributed by atoms with van der Waals surface area (Å²) in [6.07, 6.45) is 6.09. The lowest BCUT2D eigenvalue weighted by atomic mass is 10.0. The molecule has 0 fully saturated rings. The maximum atomic E-state index is 11.7. The van der Waals surface area contributed by atoms with Crippen molar-refractivity contribution in [2.75, 3.05) is 10.6 Å². The van der Waals surface area contributed by atoms with E-state index in [1.165, 1.54) is 32.1 Å². The number of para-hydroxylation sites is 2. The van der Waals surface area contributed by atoms with Gasteiger partial charge in [-0.2, -0.15) is 0 Å². The minimum atomic E-state index is -0.689. The lowest BCUT2D eigenvalue weighted by Crippen LogP contribution is -2.06. The Balaban J connectivity index is 2.09. The standard InChI is InChI=1S/C26H22N4O6/c1-17(31)27-23-9-5-3-7-19(23)11-13-21-15-22(26(30(35)36)16-25(21)29(33)34)14-12-20-8-4-6-10-24(20)28-18(2)32/h3-16H,1-2H3,(H,27,31)(H,28,32). The first-order valence-electron chi connectivity index (χ1n) is 10.7. The van der Waals surface area contributed by atoms with E-state index in [2.05, 4.69) is 10.6 Å². The van der Waals surface area contributed by atoms with Gasteiger partial charge in [-0.15, -0.1) is 0 Å². The number of rotatable bonds is 8. The first-order valence-corrected chi connectivity index (χ1v) is 10.7. The summed E-state index contributed by atoms with van der Waals surface area (Å²) >= 11 is 0. The fourth-order valence-corrected chi connectivity index (χ4v) is 3.45. The van der Waals surface area contributed by atoms with E-state index < -0.39 is 21.2 Å². The molecule has 3 aromatic rings. The molecule has 0 spiro atoms. The zero-order chi connectivity index (χ0) is 26.2. The minimum absolute atomic E-state index is 0.137. The average Bonchev–Trinajstić information content (AvgIpc) is 2.81. The minimum Gasteiger partial charge on any atom is -0.326 e. The van der Waals surface area contributed by atoms with Gasteiger partial charge in [0.25, 0.3) is 11.4 Å². The van der Waals surface area contributed by atoms with Gasteiger partial charge in [0.15, 0.2) is 0 Å². The molecule has 0 saturated heterocycles. The molecule has 2 N–H and O–H groups in total. The number of nitro groups is 2. The molecule has 0 aromatic heterocycles. The highest BCUT2D eigenvalue weighted by atomic mass is 16.6. The molecular weight excluding hydrogens is 464 g/mol. The Morgan fingerprint density at radius 3 is 1.36 bits per heavy atom. The Labute approximate surface area is 206 Å². The van der Waals surface area contributed by atoms with Crippen LogP contribution in [0.25, 0.3) is 24.3 Å². The highest BCUT2D eigenvalue weighted by molar-refractivity contribution is 5.94. The maximum absolute atomic E-state index is 11.7. The molecule has 3 rings (SSSR count). The molecule has 0 aliphatic rings. The predicted molar refractivity (Wildman–Crippen MR) is 139 cm³/mol. The predicted octanol–water partition coefficient (Wildman–Crippen LogP) is 5.76. The van der Waals surface area contributed by atoms with Gasteiger partial charge in [0.2, 0.25) is 11.8 Å². The quantitative estimate of drug-likeness (QED) is 0.235. The van der Waals surface area contributed by atoms with E-state index >= 15 is 0 Å². The van der Waals surface area contributed by atoms with Gasteiger partial charge < -0.3 is 10.6 Å². The number of hydrogen-bond acceptors (Lipinski definition) is 6. The molecule has 0 bridgehead atoms. The molecule has 0 atom stereocenters. The Morgan fingerprint density at radius 2 is 1.00 bits per heavy atom. The van der Waals surface area contributed by atoms with E-state index in [1.807, 2.05) is 0 Å². The lowest BCUT2D eigenvalue weighted by Gasteiger charge is -2.07. The Kier molecular flexibility index (Phi) is 8.03. The van der Waals surface area contributed by atoms with Crippen molar-refractivity contribution in [2.45, 2.75) is 13.8 Å². The molecule has 0 heterocycles. The van der Waals surface area contributed by atoms with Crippen LogP contribution in [0.5, 0.6) is 0 Å². The van der Waals surface area contributed by atoms with E-state index in [9.17, 15) is 29.8 Å². The van der Waals surface area contributed by atoms with Crippen LogP contribution in [-0.4, -0.2) is 21.7 Å². The van der Waals surface area contributed by atoms with Gasteiger partial charge in [-0.05, 0) is 41.5 Å². The summed E-state index contributed by atoms with van der Waals surface area (Å²) in [5.74, 6) is -0.548. The smallest absolute Gasteiger partial charge is 0.283 e. The third-order valence-corrected chi connectivity index (χ3v) is 5.00. The van der Waals surface area contributed by atoms with Crippen molar-refractivity contribution in [3.8, 4) is 0 Å². The maximum Gasteiger partial charge on any atom is 0.283 e. The van der Waals surface area contributed by atoms with Crippen LogP contribution in [0.15, 0.2) is 60.7 Å². The zero-order valence-corrected chi connectivity index (χ0v) is 19.4. The summed E-state index contributed by atoms with van der Waals surface area (Å²) in [5.41, 5.74) is 1.62. The lowest BCUT2D eigenvalue weighted by molar-refractivity contribution is -0.394. The first-order chi connectivity index (χ1) is 17.2. The number of nitrogens with one attached hydrogen (secondary N) is 2. The zero-order valence-electron chi connectivity index (χ0n) is 19.4. The van der Waals surface area contributed by atoms with Crippen LogP contribution in [0, 0.1) is 20.2 Å². The van der Waals surface area contributed by atoms with E-state index in [1.54, 1.807) is 60.7 Å². The summed E-state index contributed by atoms with van der Waals surface area (Å²) in [6, 6.07) is 16.0. The second-order valence-electron chi connectivity index (χ2n) is 7.69. The van der Waals surface area contributed by atoms with E-state index in [-0.39, 0.29) is 22.9 Å². The van der Waals surface area contributed by atoms with Gasteiger partial charge in [0.1, 0.15) is 0 Å². The number of carbonyl (C=O) groups excluding carboxylic acids is 2. The third kappa shape index (κ3) is 6.48. The fourth-order valence-electron chi connectivity index (χ4n) is 3.45. The number of amides is 2. The van der Waals surface area contributed by atoms with Crippen LogP contribution in [0.1, 0.15) is 36.1 Å². The van der Waals surface area contributed by atoms with Crippen LogP contribution in [-0.2, 0) is 9.59 Å². The molecule has 3 aromatic carbocycles. The Hall–Kier alpha value is -5.12. The first kappa shape index (κ1) is 25.5. The molecule has 0 aliphatic carbocycles. The molecule has 36 heavy (non-hydrogen) atoms. The van der Waals surface area contributed by atoms with E-state index in [0.717, 1.165) is 6.07 Å². The molecule has 10 nitrogen and oxygen atoms in total. The van der Waals surface area contributed by atoms with E-state index in [4.69, 9.17) is 0 Å². The summed E-state index contributed by atoms with van der Waals surface area (Å²) in [5, 5.41) is 28.8. The Morgan fingerprint density at radius 1 is 0.639 bits per heavy atom. The number of hydrogen-bond donors (Lipinski definition) is 2. The molecule has 2 amide bonds. The summed E-state index contributed by atoms with van der Waals surface area (Å²) in [4.78, 5) is 45.0. The van der Waals surface area contributed by atoms with Crippen molar-refractivity contribution in [1.82, 2.24) is 0 Å². The molecular formula is C26H22N4O6. The molecule has 0 aliphatic heterocycles. The second kappa shape index (κ2) is 11.3. The van der Waals surface area contributed by atoms with Crippen LogP contribution in [0.2, 0.25) is 0 Å². The third-order valence-electron chi connectivity index (χ3n) is 5.00. The van der Waals surface area contributed by atoms with Gasteiger partial charge in [-0.3, -0.25) is 29.8 Å². The number of benzene rings is 3. The normalized spacial score (nSPS) is 10.9.